The van der Waals surface area contributed by atoms with Crippen molar-refractivity contribution >= 4 is 29.8 Å². The third-order valence-electron chi connectivity index (χ3n) is 3.53. The molecule has 14 heteroatoms. The summed E-state index contributed by atoms with van der Waals surface area (Å²) < 4.78 is 0.591. The molecule has 0 atom stereocenters. The van der Waals surface area contributed by atoms with Crippen LogP contribution in [-0.2, 0) is 30.4 Å². The van der Waals surface area contributed by atoms with Gasteiger partial charge in [0.25, 0.3) is 0 Å². The van der Waals surface area contributed by atoms with Gasteiger partial charge < -0.3 is 30.6 Å². The molecule has 1 aromatic heterocycles. The van der Waals surface area contributed by atoms with E-state index in [0.717, 1.165) is 17.8 Å². The van der Waals surface area contributed by atoms with Gasteiger partial charge in [0, 0.05) is 19.4 Å². The highest BCUT2D eigenvalue weighted by Gasteiger charge is 2.06. The highest BCUT2D eigenvalue weighted by Crippen LogP contribution is 2.10. The van der Waals surface area contributed by atoms with Gasteiger partial charge >= 0.3 is 29.8 Å². The Kier molecular flexibility index (Phi) is 21.0. The fourth-order valence-corrected chi connectivity index (χ4v) is 1.84. The minimum atomic E-state index is -1.08. The fraction of sp³-hybridized carbons (Fsp3) is 0.545. The molecule has 0 saturated heterocycles. The Bertz CT molecular complexity index is 781. The summed E-state index contributed by atoms with van der Waals surface area (Å²) in [5.41, 5.74) is 4.99. The summed E-state index contributed by atoms with van der Waals surface area (Å²) in [5, 5.41) is 49.1. The van der Waals surface area contributed by atoms with Crippen molar-refractivity contribution < 1.29 is 64.2 Å². The summed E-state index contributed by atoms with van der Waals surface area (Å²) in [4.78, 5) is 51.7. The maximum atomic E-state index is 10.0. The van der Waals surface area contributed by atoms with Gasteiger partial charge in [-0.25, -0.2) is 4.98 Å². The Morgan fingerprint density at radius 3 is 1.36 bits per heavy atom. The van der Waals surface area contributed by atoms with Gasteiger partial charge in [-0.3, -0.25) is 28.6 Å². The molecule has 0 aliphatic carbocycles. The Morgan fingerprint density at radius 1 is 0.750 bits per heavy atom. The number of aliphatic carboxylic acids is 5. The maximum Gasteiger partial charge on any atom is 0.304 e. The van der Waals surface area contributed by atoms with Crippen molar-refractivity contribution in [1.29, 1.82) is 0 Å². The average Bonchev–Trinajstić information content (AvgIpc) is 2.72. The summed E-state index contributed by atoms with van der Waals surface area (Å²) in [7, 11) is 5.84. The van der Waals surface area contributed by atoms with E-state index in [1.54, 1.807) is 6.07 Å². The van der Waals surface area contributed by atoms with E-state index in [0.29, 0.717) is 16.9 Å². The van der Waals surface area contributed by atoms with Crippen LogP contribution < -0.4 is 10.4 Å². The number of rotatable bonds is 11. The lowest BCUT2D eigenvalue weighted by molar-refractivity contribution is -0.915. The van der Waals surface area contributed by atoms with Crippen molar-refractivity contribution in [3.8, 4) is 5.75 Å². The summed E-state index contributed by atoms with van der Waals surface area (Å²) in [6.07, 6.45) is -0.168. The third-order valence-corrected chi connectivity index (χ3v) is 3.53. The van der Waals surface area contributed by atoms with Crippen molar-refractivity contribution in [3.63, 3.8) is 0 Å². The number of quaternary nitrogens is 1. The summed E-state index contributed by atoms with van der Waals surface area (Å²) >= 11 is 0. The number of aromatic hydroxyl groups is 1. The first-order valence-corrected chi connectivity index (χ1v) is 10.8. The number of nitrogens with one attached hydrogen (secondary N) is 2. The Balaban J connectivity index is -0.000000406. The van der Waals surface area contributed by atoms with Crippen LogP contribution in [0, 0.1) is 6.92 Å². The molecule has 0 unspecified atom stereocenters. The van der Waals surface area contributed by atoms with Crippen LogP contribution in [0.5, 0.6) is 5.75 Å². The molecular weight excluding hydrogens is 482 g/mol. The van der Waals surface area contributed by atoms with Crippen LogP contribution in [-0.4, -0.2) is 92.8 Å². The zero-order valence-corrected chi connectivity index (χ0v) is 21.3. The van der Waals surface area contributed by atoms with E-state index in [1.807, 2.05) is 41.1 Å². The first-order valence-electron chi connectivity index (χ1n) is 10.8. The molecule has 36 heavy (non-hydrogen) atoms. The molecule has 14 nitrogen and oxygen atoms in total. The van der Waals surface area contributed by atoms with E-state index in [4.69, 9.17) is 25.5 Å². The number of carboxylic acids is 5. The molecule has 1 rings (SSSR count). The number of H-pyrrole nitrogens is 1. The van der Waals surface area contributed by atoms with Crippen LogP contribution in [0.3, 0.4) is 0 Å². The molecular formula is C22H39N3O11+2. The molecule has 0 saturated carbocycles. The van der Waals surface area contributed by atoms with E-state index in [2.05, 4.69) is 10.4 Å². The lowest BCUT2D eigenvalue weighted by Crippen LogP contribution is -2.48. The van der Waals surface area contributed by atoms with Crippen LogP contribution >= 0.6 is 0 Å². The summed E-state index contributed by atoms with van der Waals surface area (Å²) in [6.45, 7) is 4.49. The minimum absolute atomic E-state index is 0.176. The topological polar surface area (TPSA) is 233 Å². The standard InChI is InChI=1S/C8H11NO.C6H14N2O2.2C4H6O4/c1-3-7-8(10)5-4-6(2)9-7;1-8(2,3)7-5-4-6(9)10;2*5-3(6)1-2-4(7)8/h4-5,10H,3H2,1-2H3;7H,4-5H2,1-3H3;2*1-2H2,(H,5,6)(H,7,8)/p+2. The van der Waals surface area contributed by atoms with Gasteiger partial charge in [0.15, 0.2) is 11.4 Å². The van der Waals surface area contributed by atoms with Crippen LogP contribution in [0.1, 0.15) is 50.4 Å². The summed E-state index contributed by atoms with van der Waals surface area (Å²) in [5.74, 6) is -4.71. The lowest BCUT2D eigenvalue weighted by Gasteiger charge is -2.23. The second kappa shape index (κ2) is 20.6. The molecule has 1 heterocycles. The van der Waals surface area contributed by atoms with Gasteiger partial charge in [0.1, 0.15) is 0 Å². The van der Waals surface area contributed by atoms with Crippen LogP contribution in [0.2, 0.25) is 0 Å². The molecule has 206 valence electrons. The predicted molar refractivity (Wildman–Crippen MR) is 126 cm³/mol. The van der Waals surface area contributed by atoms with Crippen LogP contribution in [0.4, 0.5) is 0 Å². The van der Waals surface area contributed by atoms with Crippen molar-refractivity contribution in [2.24, 2.45) is 0 Å². The molecule has 0 spiro atoms. The minimum Gasteiger partial charge on any atom is -0.503 e. The molecule has 0 bridgehead atoms. The van der Waals surface area contributed by atoms with Crippen LogP contribution in [0.15, 0.2) is 12.1 Å². The number of nitrogens with zero attached hydrogens (tertiary/aromatic N) is 1. The SMILES string of the molecule is CCc1[nH+]c(C)ccc1O.C[N+](C)(C)NCCC(=O)O.O=C(O)CCC(=O)O.O=C(O)CCC(=O)O. The Morgan fingerprint density at radius 2 is 1.11 bits per heavy atom. The molecule has 0 amide bonds. The van der Waals surface area contributed by atoms with E-state index in [9.17, 15) is 29.1 Å². The molecule has 0 aliphatic rings. The average molecular weight is 522 g/mol. The fourth-order valence-electron chi connectivity index (χ4n) is 1.84. The second-order valence-corrected chi connectivity index (χ2v) is 8.00. The second-order valence-electron chi connectivity index (χ2n) is 8.00. The van der Waals surface area contributed by atoms with Gasteiger partial charge in [-0.1, -0.05) is 6.92 Å². The number of carbonyl (C=O) groups is 5. The van der Waals surface area contributed by atoms with Gasteiger partial charge in [-0.2, -0.15) is 5.43 Å². The van der Waals surface area contributed by atoms with Crippen molar-refractivity contribution in [2.45, 2.75) is 52.4 Å². The lowest BCUT2D eigenvalue weighted by atomic mass is 10.2. The maximum absolute atomic E-state index is 10.0. The van der Waals surface area contributed by atoms with Gasteiger partial charge in [0.2, 0.25) is 5.69 Å². The largest absolute Gasteiger partial charge is 0.503 e. The number of pyridine rings is 1. The Hall–Kier alpha value is -3.78. The molecule has 0 radical (unpaired) electrons. The number of aryl methyl sites for hydroxylation is 2. The normalized spacial score (nSPS) is 9.69. The van der Waals surface area contributed by atoms with Crippen molar-refractivity contribution in [3.05, 3.63) is 23.5 Å². The molecule has 8 N–H and O–H groups in total. The van der Waals surface area contributed by atoms with E-state index >= 15 is 0 Å². The number of hydrogen-bond donors (Lipinski definition) is 7. The highest BCUT2D eigenvalue weighted by molar-refractivity contribution is 5.75. The number of aromatic amines is 1. The van der Waals surface area contributed by atoms with E-state index in [1.165, 1.54) is 0 Å². The summed E-state index contributed by atoms with van der Waals surface area (Å²) in [6, 6.07) is 3.57. The Labute approximate surface area is 209 Å². The van der Waals surface area contributed by atoms with E-state index in [-0.39, 0.29) is 32.1 Å². The first-order chi connectivity index (χ1) is 16.4. The molecule has 0 aliphatic heterocycles. The third kappa shape index (κ3) is 32.4. The molecule has 1 aromatic rings. The zero-order chi connectivity index (χ0) is 28.9. The molecule has 0 aromatic carbocycles. The van der Waals surface area contributed by atoms with Gasteiger partial charge in [-0.05, 0) is 6.07 Å². The van der Waals surface area contributed by atoms with Crippen LogP contribution in [0.25, 0.3) is 0 Å². The smallest absolute Gasteiger partial charge is 0.304 e. The first kappa shape index (κ1) is 36.8. The van der Waals surface area contributed by atoms with Crippen molar-refractivity contribution in [1.82, 2.24) is 5.43 Å². The van der Waals surface area contributed by atoms with Gasteiger partial charge in [-0.15, -0.1) is 0 Å². The number of hydrogen-bond acceptors (Lipinski definition) is 7. The number of carboxylic acid groups (broad SMARTS) is 5. The predicted octanol–water partition coefficient (Wildman–Crippen LogP) is 0.621. The van der Waals surface area contributed by atoms with E-state index < -0.39 is 29.8 Å². The monoisotopic (exact) mass is 521 g/mol. The highest BCUT2D eigenvalue weighted by atomic mass is 16.4. The van der Waals surface area contributed by atoms with Gasteiger partial charge in [0.05, 0.1) is 59.8 Å². The quantitative estimate of drug-likeness (QED) is 0.157. The molecule has 0 fully saturated rings. The van der Waals surface area contributed by atoms with Crippen molar-refractivity contribution in [2.75, 3.05) is 27.7 Å². The number of aromatic nitrogens is 1. The zero-order valence-electron chi connectivity index (χ0n) is 21.3.